The van der Waals surface area contributed by atoms with Crippen molar-refractivity contribution in [2.45, 2.75) is 19.4 Å². The van der Waals surface area contributed by atoms with Gasteiger partial charge in [-0.05, 0) is 24.6 Å². The molecule has 0 radical (unpaired) electrons. The van der Waals surface area contributed by atoms with Crippen LogP contribution in [0.15, 0.2) is 36.9 Å². The van der Waals surface area contributed by atoms with Crippen molar-refractivity contribution in [2.75, 3.05) is 0 Å². The molecule has 0 aromatic heterocycles. The summed E-state index contributed by atoms with van der Waals surface area (Å²) >= 11 is 0. The molecule has 0 spiro atoms. The van der Waals surface area contributed by atoms with E-state index < -0.39 is 0 Å². The second-order valence-corrected chi connectivity index (χ2v) is 3.18. The first-order valence-electron chi connectivity index (χ1n) is 4.69. The number of carbonyl (C=O) groups excluding carboxylic acids is 1. The van der Waals surface area contributed by atoms with Crippen LogP contribution in [0.2, 0.25) is 0 Å². The molecule has 0 aliphatic rings. The topological polar surface area (TPSA) is 26.3 Å². The van der Waals surface area contributed by atoms with Crippen molar-refractivity contribution in [2.24, 2.45) is 0 Å². The van der Waals surface area contributed by atoms with Crippen LogP contribution in [0.3, 0.4) is 0 Å². The number of halogens is 1. The lowest BCUT2D eigenvalue weighted by Crippen LogP contribution is -2.07. The van der Waals surface area contributed by atoms with Crippen LogP contribution in [0.4, 0.5) is 4.39 Å². The summed E-state index contributed by atoms with van der Waals surface area (Å²) in [5, 5.41) is 0. The van der Waals surface area contributed by atoms with Gasteiger partial charge in [-0.1, -0.05) is 18.2 Å². The molecule has 1 unspecified atom stereocenters. The second kappa shape index (κ2) is 5.29. The molecule has 0 bridgehead atoms. The van der Waals surface area contributed by atoms with E-state index in [0.717, 1.165) is 5.56 Å². The van der Waals surface area contributed by atoms with Crippen LogP contribution in [0.5, 0.6) is 0 Å². The molecule has 15 heavy (non-hydrogen) atoms. The molecule has 0 amide bonds. The Morgan fingerprint density at radius 3 is 2.67 bits per heavy atom. The number of hydrogen-bond donors (Lipinski definition) is 0. The summed E-state index contributed by atoms with van der Waals surface area (Å²) in [6, 6.07) is 5.88. The van der Waals surface area contributed by atoms with Gasteiger partial charge in [0.05, 0.1) is 6.42 Å². The molecule has 1 atom stereocenters. The highest BCUT2D eigenvalue weighted by Crippen LogP contribution is 2.17. The highest BCUT2D eigenvalue weighted by Gasteiger charge is 2.10. The first kappa shape index (κ1) is 11.4. The SMILES string of the molecule is C=CCC(=O)OC(C)c1ccc(F)cc1. The van der Waals surface area contributed by atoms with E-state index in [0.29, 0.717) is 0 Å². The first-order valence-corrected chi connectivity index (χ1v) is 4.69. The summed E-state index contributed by atoms with van der Waals surface area (Å²) in [5.74, 6) is -0.634. The summed E-state index contributed by atoms with van der Waals surface area (Å²) < 4.78 is 17.7. The Morgan fingerprint density at radius 1 is 1.53 bits per heavy atom. The Balaban J connectivity index is 2.60. The number of esters is 1. The molecule has 0 fully saturated rings. The minimum atomic E-state index is -0.363. The van der Waals surface area contributed by atoms with Gasteiger partial charge in [0, 0.05) is 0 Å². The summed E-state index contributed by atoms with van der Waals surface area (Å²) in [5.41, 5.74) is 0.772. The van der Waals surface area contributed by atoms with E-state index in [9.17, 15) is 9.18 Å². The summed E-state index contributed by atoms with van der Waals surface area (Å²) in [7, 11) is 0. The highest BCUT2D eigenvalue weighted by molar-refractivity contribution is 5.71. The Morgan fingerprint density at radius 2 is 2.13 bits per heavy atom. The van der Waals surface area contributed by atoms with Gasteiger partial charge in [0.2, 0.25) is 0 Å². The van der Waals surface area contributed by atoms with Gasteiger partial charge in [0.1, 0.15) is 11.9 Å². The lowest BCUT2D eigenvalue weighted by atomic mass is 10.1. The average molecular weight is 208 g/mol. The number of carbonyl (C=O) groups is 1. The predicted molar refractivity (Wildman–Crippen MR) is 55.7 cm³/mol. The summed E-state index contributed by atoms with van der Waals surface area (Å²) in [6.45, 7) is 5.19. The molecule has 0 N–H and O–H groups in total. The molecule has 0 aliphatic carbocycles. The molecular formula is C12H13FO2. The average Bonchev–Trinajstić information content (AvgIpc) is 2.18. The third kappa shape index (κ3) is 3.54. The van der Waals surface area contributed by atoms with E-state index in [4.69, 9.17) is 4.74 Å². The van der Waals surface area contributed by atoms with Crippen LogP contribution in [-0.4, -0.2) is 5.97 Å². The van der Waals surface area contributed by atoms with Gasteiger partial charge in [-0.2, -0.15) is 0 Å². The Kier molecular flexibility index (Phi) is 4.03. The number of ether oxygens (including phenoxy) is 1. The zero-order valence-corrected chi connectivity index (χ0v) is 8.57. The van der Waals surface area contributed by atoms with Crippen LogP contribution in [0.1, 0.15) is 25.0 Å². The molecule has 1 aromatic carbocycles. The molecule has 0 saturated heterocycles. The van der Waals surface area contributed by atoms with Gasteiger partial charge in [0.25, 0.3) is 0 Å². The van der Waals surface area contributed by atoms with E-state index in [1.54, 1.807) is 19.1 Å². The Bertz CT molecular complexity index is 343. The van der Waals surface area contributed by atoms with Crippen LogP contribution in [0.25, 0.3) is 0 Å². The lowest BCUT2D eigenvalue weighted by Gasteiger charge is -2.12. The van der Waals surface area contributed by atoms with E-state index in [1.165, 1.54) is 18.2 Å². The minimum absolute atomic E-state index is 0.186. The third-order valence-corrected chi connectivity index (χ3v) is 1.96. The largest absolute Gasteiger partial charge is 0.458 e. The van der Waals surface area contributed by atoms with Gasteiger partial charge < -0.3 is 4.74 Å². The van der Waals surface area contributed by atoms with E-state index in [1.807, 2.05) is 0 Å². The Hall–Kier alpha value is -1.64. The highest BCUT2D eigenvalue weighted by atomic mass is 19.1. The molecule has 80 valence electrons. The van der Waals surface area contributed by atoms with Gasteiger partial charge in [-0.3, -0.25) is 4.79 Å². The molecule has 0 heterocycles. The number of benzene rings is 1. The lowest BCUT2D eigenvalue weighted by molar-refractivity contribution is -0.147. The normalized spacial score (nSPS) is 11.9. The van der Waals surface area contributed by atoms with E-state index in [-0.39, 0.29) is 24.3 Å². The molecular weight excluding hydrogens is 195 g/mol. The molecule has 3 heteroatoms. The van der Waals surface area contributed by atoms with Gasteiger partial charge in [0.15, 0.2) is 0 Å². The van der Waals surface area contributed by atoms with Crippen LogP contribution in [0, 0.1) is 5.82 Å². The molecule has 1 rings (SSSR count). The van der Waals surface area contributed by atoms with Crippen molar-refractivity contribution in [3.05, 3.63) is 48.3 Å². The standard InChI is InChI=1S/C12H13FO2/c1-3-4-12(14)15-9(2)10-5-7-11(13)8-6-10/h3,5-9H,1,4H2,2H3. The smallest absolute Gasteiger partial charge is 0.310 e. The van der Waals surface area contributed by atoms with Crippen LogP contribution in [-0.2, 0) is 9.53 Å². The summed E-state index contributed by atoms with van der Waals surface area (Å²) in [6.07, 6.45) is 1.31. The van der Waals surface area contributed by atoms with Crippen molar-refractivity contribution >= 4 is 5.97 Å². The van der Waals surface area contributed by atoms with Crippen molar-refractivity contribution < 1.29 is 13.9 Å². The fourth-order valence-corrected chi connectivity index (χ4v) is 1.16. The van der Waals surface area contributed by atoms with Gasteiger partial charge >= 0.3 is 5.97 Å². The fraction of sp³-hybridized carbons (Fsp3) is 0.250. The first-order chi connectivity index (χ1) is 7.13. The zero-order valence-electron chi connectivity index (χ0n) is 8.57. The minimum Gasteiger partial charge on any atom is -0.458 e. The van der Waals surface area contributed by atoms with Crippen molar-refractivity contribution in [3.63, 3.8) is 0 Å². The maximum atomic E-state index is 12.6. The number of hydrogen-bond acceptors (Lipinski definition) is 2. The maximum absolute atomic E-state index is 12.6. The van der Waals surface area contributed by atoms with Crippen molar-refractivity contribution in [3.8, 4) is 0 Å². The molecule has 0 saturated carbocycles. The molecule has 0 aliphatic heterocycles. The summed E-state index contributed by atoms with van der Waals surface area (Å²) in [4.78, 5) is 11.1. The van der Waals surface area contributed by atoms with Gasteiger partial charge in [-0.25, -0.2) is 4.39 Å². The van der Waals surface area contributed by atoms with Crippen molar-refractivity contribution in [1.82, 2.24) is 0 Å². The zero-order chi connectivity index (χ0) is 11.3. The quantitative estimate of drug-likeness (QED) is 0.561. The monoisotopic (exact) mass is 208 g/mol. The second-order valence-electron chi connectivity index (χ2n) is 3.18. The Labute approximate surface area is 88.4 Å². The number of rotatable bonds is 4. The fourth-order valence-electron chi connectivity index (χ4n) is 1.16. The van der Waals surface area contributed by atoms with Gasteiger partial charge in [-0.15, -0.1) is 6.58 Å². The van der Waals surface area contributed by atoms with Crippen LogP contribution < -0.4 is 0 Å². The van der Waals surface area contributed by atoms with E-state index in [2.05, 4.69) is 6.58 Å². The maximum Gasteiger partial charge on any atom is 0.310 e. The predicted octanol–water partition coefficient (Wildman–Crippen LogP) is 3.01. The van der Waals surface area contributed by atoms with E-state index >= 15 is 0 Å². The van der Waals surface area contributed by atoms with Crippen LogP contribution >= 0.6 is 0 Å². The molecule has 2 nitrogen and oxygen atoms in total. The molecule has 1 aromatic rings. The third-order valence-electron chi connectivity index (χ3n) is 1.96. The van der Waals surface area contributed by atoms with Crippen molar-refractivity contribution in [1.29, 1.82) is 0 Å².